The van der Waals surface area contributed by atoms with Gasteiger partial charge in [-0.25, -0.2) is 8.42 Å². The lowest BCUT2D eigenvalue weighted by atomic mass is 10.0. The number of carbonyl (C=O) groups is 1. The van der Waals surface area contributed by atoms with E-state index >= 15 is 0 Å². The van der Waals surface area contributed by atoms with Gasteiger partial charge in [-0.1, -0.05) is 36.4 Å². The number of rotatable bonds is 5. The number of sulfone groups is 1. The first kappa shape index (κ1) is 20.3. The molecule has 28 heavy (non-hydrogen) atoms. The van der Waals surface area contributed by atoms with Crippen LogP contribution in [0.4, 0.5) is 18.9 Å². The minimum atomic E-state index is -4.52. The van der Waals surface area contributed by atoms with Crippen molar-refractivity contribution in [3.8, 4) is 0 Å². The Kier molecular flexibility index (Phi) is 5.76. The molecule has 2 atom stereocenters. The Morgan fingerprint density at radius 3 is 2.39 bits per heavy atom. The molecule has 2 aromatic carbocycles. The molecule has 2 N–H and O–H groups in total. The lowest BCUT2D eigenvalue weighted by molar-refractivity contribution is -0.137. The normalized spacial score (nSPS) is 19.9. The molecule has 0 radical (unpaired) electrons. The van der Waals surface area contributed by atoms with Crippen LogP contribution < -0.4 is 10.6 Å². The Morgan fingerprint density at radius 1 is 1.07 bits per heavy atom. The summed E-state index contributed by atoms with van der Waals surface area (Å²) in [5.74, 6) is -0.593. The predicted molar refractivity (Wildman–Crippen MR) is 99.5 cm³/mol. The highest BCUT2D eigenvalue weighted by Gasteiger charge is 2.33. The predicted octanol–water partition coefficient (Wildman–Crippen LogP) is 3.16. The van der Waals surface area contributed by atoms with Crippen LogP contribution in [0, 0.1) is 0 Å². The Hall–Kier alpha value is -2.39. The summed E-state index contributed by atoms with van der Waals surface area (Å²) in [6.07, 6.45) is -4.14. The fraction of sp³-hybridized carbons (Fsp3) is 0.316. The first-order valence-electron chi connectivity index (χ1n) is 8.64. The fourth-order valence-electron chi connectivity index (χ4n) is 3.12. The van der Waals surface area contributed by atoms with E-state index in [0.717, 1.165) is 12.1 Å². The summed E-state index contributed by atoms with van der Waals surface area (Å²) < 4.78 is 62.1. The molecule has 0 aromatic heterocycles. The van der Waals surface area contributed by atoms with Crippen molar-refractivity contribution >= 4 is 21.4 Å². The van der Waals surface area contributed by atoms with Crippen molar-refractivity contribution in [3.05, 3.63) is 65.7 Å². The summed E-state index contributed by atoms with van der Waals surface area (Å²) in [4.78, 5) is 12.8. The summed E-state index contributed by atoms with van der Waals surface area (Å²) in [5, 5.41) is 5.54. The maximum atomic E-state index is 12.9. The minimum Gasteiger partial charge on any atom is -0.324 e. The molecule has 0 saturated carbocycles. The lowest BCUT2D eigenvalue weighted by Gasteiger charge is -2.22. The molecule has 5 nitrogen and oxygen atoms in total. The van der Waals surface area contributed by atoms with E-state index in [2.05, 4.69) is 10.6 Å². The molecule has 1 aliphatic heterocycles. The number of carbonyl (C=O) groups excluding carboxylic acids is 1. The maximum absolute atomic E-state index is 12.9. The number of nitrogens with one attached hydrogen (secondary N) is 2. The molecule has 1 heterocycles. The highest BCUT2D eigenvalue weighted by molar-refractivity contribution is 7.91. The second-order valence-electron chi connectivity index (χ2n) is 6.68. The smallest absolute Gasteiger partial charge is 0.324 e. The van der Waals surface area contributed by atoms with Gasteiger partial charge in [-0.3, -0.25) is 10.1 Å². The molecular weight excluding hydrogens is 393 g/mol. The summed E-state index contributed by atoms with van der Waals surface area (Å²) in [6, 6.07) is 11.7. The van der Waals surface area contributed by atoms with Crippen molar-refractivity contribution in [2.24, 2.45) is 0 Å². The fourth-order valence-corrected chi connectivity index (χ4v) is 4.80. The minimum absolute atomic E-state index is 0.0154. The second-order valence-corrected chi connectivity index (χ2v) is 8.91. The van der Waals surface area contributed by atoms with E-state index in [0.29, 0.717) is 12.0 Å². The van der Waals surface area contributed by atoms with E-state index in [4.69, 9.17) is 0 Å². The molecule has 1 aliphatic rings. The molecule has 1 amide bonds. The Morgan fingerprint density at radius 2 is 1.79 bits per heavy atom. The number of alkyl halides is 3. The molecule has 0 bridgehead atoms. The first-order valence-corrected chi connectivity index (χ1v) is 10.5. The lowest BCUT2D eigenvalue weighted by Crippen LogP contribution is -2.40. The van der Waals surface area contributed by atoms with Crippen LogP contribution in [0.25, 0.3) is 0 Å². The number of hydrogen-bond donors (Lipinski definition) is 2. The van der Waals surface area contributed by atoms with Crippen LogP contribution in [0.2, 0.25) is 0 Å². The second kappa shape index (κ2) is 7.92. The van der Waals surface area contributed by atoms with Gasteiger partial charge in [0.2, 0.25) is 5.91 Å². The van der Waals surface area contributed by atoms with Crippen LogP contribution >= 0.6 is 0 Å². The van der Waals surface area contributed by atoms with Crippen LogP contribution in [-0.4, -0.2) is 31.9 Å². The van der Waals surface area contributed by atoms with Crippen molar-refractivity contribution in [1.82, 2.24) is 5.32 Å². The van der Waals surface area contributed by atoms with Crippen LogP contribution in [0.5, 0.6) is 0 Å². The van der Waals surface area contributed by atoms with Crippen LogP contribution in [0.15, 0.2) is 54.6 Å². The van der Waals surface area contributed by atoms with Gasteiger partial charge in [0.25, 0.3) is 0 Å². The third-order valence-electron chi connectivity index (χ3n) is 4.49. The van der Waals surface area contributed by atoms with Gasteiger partial charge in [0.15, 0.2) is 9.84 Å². The van der Waals surface area contributed by atoms with Crippen molar-refractivity contribution in [1.29, 1.82) is 0 Å². The summed E-state index contributed by atoms with van der Waals surface area (Å²) in [6.45, 7) is 0. The van der Waals surface area contributed by atoms with Crippen LogP contribution in [-0.2, 0) is 20.8 Å². The molecule has 0 spiro atoms. The summed E-state index contributed by atoms with van der Waals surface area (Å²) >= 11 is 0. The van der Waals surface area contributed by atoms with Gasteiger partial charge in [-0.2, -0.15) is 13.2 Å². The average Bonchev–Trinajstić information content (AvgIpc) is 2.98. The van der Waals surface area contributed by atoms with Crippen LogP contribution in [0.1, 0.15) is 23.6 Å². The number of hydrogen-bond acceptors (Lipinski definition) is 4. The number of benzene rings is 2. The van der Waals surface area contributed by atoms with E-state index in [1.54, 1.807) is 30.3 Å². The Labute approximate surface area is 160 Å². The van der Waals surface area contributed by atoms with Crippen molar-refractivity contribution < 1.29 is 26.4 Å². The summed E-state index contributed by atoms with van der Waals surface area (Å²) in [7, 11) is -3.15. The van der Waals surface area contributed by atoms with Crippen molar-refractivity contribution in [3.63, 3.8) is 0 Å². The van der Waals surface area contributed by atoms with E-state index in [1.807, 2.05) is 0 Å². The average molecular weight is 412 g/mol. The van der Waals surface area contributed by atoms with Gasteiger partial charge in [0.1, 0.15) is 6.04 Å². The first-order chi connectivity index (χ1) is 13.1. The maximum Gasteiger partial charge on any atom is 0.416 e. The van der Waals surface area contributed by atoms with E-state index in [-0.39, 0.29) is 17.2 Å². The number of anilines is 1. The summed E-state index contributed by atoms with van der Waals surface area (Å²) in [5.41, 5.74) is -0.255. The van der Waals surface area contributed by atoms with Gasteiger partial charge in [-0.05, 0) is 30.2 Å². The molecule has 0 unspecified atom stereocenters. The third kappa shape index (κ3) is 5.11. The SMILES string of the molecule is O=C(Nc1cccc(C(F)(F)F)c1)[C@H](N[C@@H]1CCS(=O)(=O)C1)c1ccccc1. The van der Waals surface area contributed by atoms with E-state index in [9.17, 15) is 26.4 Å². The zero-order valence-corrected chi connectivity index (χ0v) is 15.6. The van der Waals surface area contributed by atoms with Crippen molar-refractivity contribution in [2.75, 3.05) is 16.8 Å². The van der Waals surface area contributed by atoms with Crippen molar-refractivity contribution in [2.45, 2.75) is 24.7 Å². The molecule has 3 rings (SSSR count). The zero-order valence-electron chi connectivity index (χ0n) is 14.7. The van der Waals surface area contributed by atoms with Gasteiger partial charge in [-0.15, -0.1) is 0 Å². The molecule has 0 aliphatic carbocycles. The quantitative estimate of drug-likeness (QED) is 0.791. The number of amides is 1. The molecule has 150 valence electrons. The van der Waals surface area contributed by atoms with Gasteiger partial charge < -0.3 is 5.32 Å². The molecule has 1 saturated heterocycles. The third-order valence-corrected chi connectivity index (χ3v) is 6.26. The van der Waals surface area contributed by atoms with E-state index < -0.39 is 39.6 Å². The molecule has 2 aromatic rings. The van der Waals surface area contributed by atoms with Crippen LogP contribution in [0.3, 0.4) is 0 Å². The number of halogens is 3. The van der Waals surface area contributed by atoms with Gasteiger partial charge in [0, 0.05) is 11.7 Å². The highest BCUT2D eigenvalue weighted by atomic mass is 32.2. The van der Waals surface area contributed by atoms with Gasteiger partial charge >= 0.3 is 6.18 Å². The Balaban J connectivity index is 1.81. The largest absolute Gasteiger partial charge is 0.416 e. The van der Waals surface area contributed by atoms with E-state index in [1.165, 1.54) is 12.1 Å². The molecular formula is C19H19F3N2O3S. The van der Waals surface area contributed by atoms with Gasteiger partial charge in [0.05, 0.1) is 17.1 Å². The topological polar surface area (TPSA) is 75.3 Å². The standard InChI is InChI=1S/C19H19F3N2O3S/c20-19(21,22)14-7-4-8-15(11-14)24-18(25)17(13-5-2-1-3-6-13)23-16-9-10-28(26,27)12-16/h1-8,11,16-17,23H,9-10,12H2,(H,24,25)/t16-,17-/m1/s1. The Bertz CT molecular complexity index is 946. The zero-order chi connectivity index (χ0) is 20.4. The molecule has 1 fully saturated rings. The molecule has 9 heteroatoms. The highest BCUT2D eigenvalue weighted by Crippen LogP contribution is 2.31. The monoisotopic (exact) mass is 412 g/mol.